The molecule has 2 aromatic carbocycles. The maximum Gasteiger partial charge on any atom is 0.238 e. The van der Waals surface area contributed by atoms with Crippen LogP contribution in [-0.4, -0.2) is 34.3 Å². The van der Waals surface area contributed by atoms with Gasteiger partial charge in [0.1, 0.15) is 11.5 Å². The summed E-state index contributed by atoms with van der Waals surface area (Å²) in [6, 6.07) is 11.3. The monoisotopic (exact) mass is 561 g/mol. The number of hydrogen-bond donors (Lipinski definition) is 1. The largest absolute Gasteiger partial charge is 0.508 e. The number of aromatic hydroxyl groups is 1. The molecule has 4 atom stereocenters. The lowest BCUT2D eigenvalue weighted by molar-refractivity contribution is -0.123. The van der Waals surface area contributed by atoms with Gasteiger partial charge in [-0.25, -0.2) is 0 Å². The number of ketones is 3. The summed E-state index contributed by atoms with van der Waals surface area (Å²) in [5, 5.41) is 10.1. The van der Waals surface area contributed by atoms with Gasteiger partial charge in [-0.05, 0) is 86.7 Å². The summed E-state index contributed by atoms with van der Waals surface area (Å²) in [5.41, 5.74) is 4.38. The average molecular weight is 562 g/mol. The maximum absolute atomic E-state index is 14.0. The molecular weight excluding hydrogens is 534 g/mol. The van der Waals surface area contributed by atoms with E-state index in [0.29, 0.717) is 46.6 Å². The molecule has 8 heteroatoms. The lowest BCUT2D eigenvalue weighted by Gasteiger charge is -2.43. The summed E-state index contributed by atoms with van der Waals surface area (Å²) >= 11 is 0. The van der Waals surface area contributed by atoms with Crippen molar-refractivity contribution in [1.82, 2.24) is 0 Å². The minimum Gasteiger partial charge on any atom is -0.508 e. The number of Topliss-reactive ketones (excluding diaryl/α,β-unsaturated/α-hetero) is 2. The van der Waals surface area contributed by atoms with E-state index in [9.17, 15) is 29.1 Å². The Kier molecular flexibility index (Phi) is 5.80. The number of imide groups is 1. The van der Waals surface area contributed by atoms with Crippen LogP contribution in [0.2, 0.25) is 0 Å². The van der Waals surface area contributed by atoms with Gasteiger partial charge in [0.05, 0.1) is 23.8 Å². The number of ether oxygens (including phenoxy) is 1. The molecule has 210 valence electrons. The predicted octanol–water partition coefficient (Wildman–Crippen LogP) is 4.58. The van der Waals surface area contributed by atoms with Crippen molar-refractivity contribution in [2.75, 3.05) is 4.90 Å². The molecular formula is C34H27NO7. The first-order chi connectivity index (χ1) is 20.1. The van der Waals surface area contributed by atoms with Gasteiger partial charge in [-0.1, -0.05) is 11.6 Å². The van der Waals surface area contributed by atoms with E-state index in [2.05, 4.69) is 0 Å². The van der Waals surface area contributed by atoms with Crippen LogP contribution < -0.4 is 9.64 Å². The molecule has 42 heavy (non-hydrogen) atoms. The van der Waals surface area contributed by atoms with Crippen molar-refractivity contribution in [3.05, 3.63) is 99.9 Å². The highest BCUT2D eigenvalue weighted by atomic mass is 16.5. The fraction of sp³-hybridized carbons (Fsp3) is 0.265. The number of carbonyl (C=O) groups is 5. The first-order valence-electron chi connectivity index (χ1n) is 14.0. The summed E-state index contributed by atoms with van der Waals surface area (Å²) in [7, 11) is 0. The average Bonchev–Trinajstić information content (AvgIpc) is 3.24. The van der Waals surface area contributed by atoms with Gasteiger partial charge < -0.3 is 9.84 Å². The molecule has 8 nitrogen and oxygen atoms in total. The lowest BCUT2D eigenvalue weighted by Crippen LogP contribution is -2.41. The third-order valence-corrected chi connectivity index (χ3v) is 9.24. The maximum atomic E-state index is 14.0. The zero-order chi connectivity index (χ0) is 29.4. The zero-order valence-corrected chi connectivity index (χ0v) is 23.0. The van der Waals surface area contributed by atoms with E-state index in [1.807, 2.05) is 6.08 Å². The van der Waals surface area contributed by atoms with Gasteiger partial charge in [0.2, 0.25) is 11.8 Å². The van der Waals surface area contributed by atoms with Crippen LogP contribution in [0.15, 0.2) is 88.7 Å². The fourth-order valence-corrected chi connectivity index (χ4v) is 7.27. The molecule has 2 heterocycles. The standard InChI is InChI=1S/C34H27NO7/c1-16-11-27(38)26-14-25-23(29(31(26)32(16)39)20-12-19-13-22(37)7-10-28(19)42-15-20)8-9-24-30(25)34(41)35(33(24)40)21-5-3-18(4-6-21)17(2)36/h3-8,10-11,13,15,24-25,29-30,37H,9,12,14H2,1-2H3/t24-,25+,29-,30-/m0/s1. The molecule has 0 saturated carbocycles. The Balaban J connectivity index is 1.31. The molecule has 3 aliphatic carbocycles. The third kappa shape index (κ3) is 3.78. The van der Waals surface area contributed by atoms with E-state index in [4.69, 9.17) is 4.74 Å². The Bertz CT molecular complexity index is 1770. The minimum absolute atomic E-state index is 0.0916. The topological polar surface area (TPSA) is 118 Å². The number of phenols is 1. The van der Waals surface area contributed by atoms with Crippen molar-refractivity contribution in [3.8, 4) is 11.5 Å². The molecule has 2 aromatic rings. The summed E-state index contributed by atoms with van der Waals surface area (Å²) < 4.78 is 5.93. The predicted molar refractivity (Wildman–Crippen MR) is 152 cm³/mol. The number of phenolic OH excluding ortho intramolecular Hbond substituents is 1. The van der Waals surface area contributed by atoms with Crippen LogP contribution in [0.3, 0.4) is 0 Å². The number of amides is 2. The first-order valence-corrected chi connectivity index (χ1v) is 14.0. The molecule has 0 radical (unpaired) electrons. The zero-order valence-electron chi connectivity index (χ0n) is 23.0. The Morgan fingerprint density at radius 2 is 1.76 bits per heavy atom. The summed E-state index contributed by atoms with van der Waals surface area (Å²) in [6.45, 7) is 3.08. The van der Waals surface area contributed by atoms with Crippen molar-refractivity contribution in [2.24, 2.45) is 23.7 Å². The molecule has 0 spiro atoms. The van der Waals surface area contributed by atoms with Gasteiger partial charge in [0.25, 0.3) is 0 Å². The molecule has 0 aromatic heterocycles. The van der Waals surface area contributed by atoms with Crippen LogP contribution in [0, 0.1) is 23.7 Å². The number of rotatable bonds is 3. The third-order valence-electron chi connectivity index (χ3n) is 9.24. The van der Waals surface area contributed by atoms with E-state index in [1.165, 1.54) is 17.9 Å². The molecule has 0 unspecified atom stereocenters. The molecule has 5 aliphatic rings. The van der Waals surface area contributed by atoms with E-state index in [-0.39, 0.29) is 41.3 Å². The van der Waals surface area contributed by atoms with Gasteiger partial charge in [-0.3, -0.25) is 28.9 Å². The molecule has 1 N–H and O–H groups in total. The number of nitrogens with zero attached hydrogens (tertiary/aromatic N) is 1. The van der Waals surface area contributed by atoms with Crippen LogP contribution in [0.5, 0.6) is 11.5 Å². The van der Waals surface area contributed by atoms with E-state index in [0.717, 1.165) is 16.7 Å². The number of anilines is 1. The number of hydrogen-bond acceptors (Lipinski definition) is 7. The fourth-order valence-electron chi connectivity index (χ4n) is 7.27. The number of fused-ring (bicyclic) bond motifs is 4. The minimum atomic E-state index is -0.696. The second-order valence-electron chi connectivity index (χ2n) is 11.6. The highest BCUT2D eigenvalue weighted by molar-refractivity contribution is 6.25. The van der Waals surface area contributed by atoms with Crippen molar-refractivity contribution >= 4 is 34.9 Å². The lowest BCUT2D eigenvalue weighted by atomic mass is 9.58. The van der Waals surface area contributed by atoms with Gasteiger partial charge in [0, 0.05) is 40.2 Å². The number of carbonyl (C=O) groups excluding carboxylic acids is 5. The second-order valence-corrected chi connectivity index (χ2v) is 11.6. The van der Waals surface area contributed by atoms with Crippen LogP contribution in [0.1, 0.15) is 42.6 Å². The van der Waals surface area contributed by atoms with Crippen LogP contribution >= 0.6 is 0 Å². The Morgan fingerprint density at radius 3 is 2.50 bits per heavy atom. The number of benzene rings is 2. The van der Waals surface area contributed by atoms with Crippen molar-refractivity contribution < 1.29 is 33.8 Å². The van der Waals surface area contributed by atoms with Crippen LogP contribution in [0.4, 0.5) is 5.69 Å². The van der Waals surface area contributed by atoms with Crippen molar-refractivity contribution in [2.45, 2.75) is 33.1 Å². The van der Waals surface area contributed by atoms with Crippen LogP contribution in [0.25, 0.3) is 0 Å². The smallest absolute Gasteiger partial charge is 0.238 e. The molecule has 0 bridgehead atoms. The SMILES string of the molecule is CC(=O)c1ccc(N2C(=O)[C@H]3[C@H](CC=C4[C@H](C5=COc6ccc(O)cc6C5)C5=C(C[C@H]43)C(=O)C=C(C)C5=O)C2=O)cc1. The highest BCUT2D eigenvalue weighted by Crippen LogP contribution is 2.55. The molecule has 2 amide bonds. The highest BCUT2D eigenvalue weighted by Gasteiger charge is 2.57. The summed E-state index contributed by atoms with van der Waals surface area (Å²) in [6.07, 6.45) is 5.84. The Labute approximate surface area is 241 Å². The van der Waals surface area contributed by atoms with E-state index < -0.39 is 23.7 Å². The van der Waals surface area contributed by atoms with Crippen molar-refractivity contribution in [1.29, 1.82) is 0 Å². The second kappa shape index (κ2) is 9.34. The van der Waals surface area contributed by atoms with Gasteiger partial charge in [-0.2, -0.15) is 0 Å². The van der Waals surface area contributed by atoms with E-state index >= 15 is 0 Å². The van der Waals surface area contributed by atoms with Gasteiger partial charge in [0.15, 0.2) is 17.3 Å². The molecule has 1 fully saturated rings. The normalized spacial score (nSPS) is 26.4. The van der Waals surface area contributed by atoms with Crippen molar-refractivity contribution in [3.63, 3.8) is 0 Å². The van der Waals surface area contributed by atoms with Crippen LogP contribution in [-0.2, 0) is 25.6 Å². The Hall–Kier alpha value is -4.85. The Morgan fingerprint density at radius 1 is 1.00 bits per heavy atom. The molecule has 2 aliphatic heterocycles. The van der Waals surface area contributed by atoms with Gasteiger partial charge in [-0.15, -0.1) is 0 Å². The molecule has 1 saturated heterocycles. The van der Waals surface area contributed by atoms with E-state index in [1.54, 1.807) is 55.7 Å². The molecule has 7 rings (SSSR count). The summed E-state index contributed by atoms with van der Waals surface area (Å²) in [5.74, 6) is -2.88. The first kappa shape index (κ1) is 26.1. The number of allylic oxidation sites excluding steroid dienone is 7. The van der Waals surface area contributed by atoms with Gasteiger partial charge >= 0.3 is 0 Å². The quantitative estimate of drug-likeness (QED) is 0.252. The summed E-state index contributed by atoms with van der Waals surface area (Å²) in [4.78, 5) is 67.6.